The lowest BCUT2D eigenvalue weighted by molar-refractivity contribution is -0.154. The van der Waals surface area contributed by atoms with Crippen molar-refractivity contribution < 1.29 is 14.3 Å². The van der Waals surface area contributed by atoms with Crippen LogP contribution in [0.5, 0.6) is 0 Å². The zero-order chi connectivity index (χ0) is 26.9. The topological polar surface area (TPSA) is 125 Å². The van der Waals surface area contributed by atoms with Crippen LogP contribution in [0, 0.1) is 0 Å². The average molecular weight is 525 g/mol. The Labute approximate surface area is 224 Å². The Morgan fingerprint density at radius 3 is 2.79 bits per heavy atom. The number of fused-ring (bicyclic) bond motifs is 2. The van der Waals surface area contributed by atoms with Gasteiger partial charge >= 0.3 is 5.97 Å². The number of carbonyl (C=O) groups is 1. The number of H-pyrrole nitrogens is 2. The number of para-hydroxylation sites is 1. The fourth-order valence-corrected chi connectivity index (χ4v) is 5.01. The Morgan fingerprint density at radius 2 is 1.97 bits per heavy atom. The zero-order valence-electron chi connectivity index (χ0n) is 21.6. The predicted molar refractivity (Wildman–Crippen MR) is 150 cm³/mol. The van der Waals surface area contributed by atoms with E-state index in [9.17, 15) is 9.59 Å². The number of methoxy groups -OCH3 is 1. The largest absolute Gasteiger partial charge is 0.467 e. The minimum atomic E-state index is -0.636. The predicted octanol–water partition coefficient (Wildman–Crippen LogP) is 4.02. The van der Waals surface area contributed by atoms with E-state index in [1.807, 2.05) is 67.6 Å². The Morgan fingerprint density at radius 1 is 1.13 bits per heavy atom. The minimum Gasteiger partial charge on any atom is -0.467 e. The number of aromatic amines is 2. The molecule has 0 bridgehead atoms. The van der Waals surface area contributed by atoms with Crippen LogP contribution >= 0.6 is 0 Å². The molecule has 2 aromatic carbocycles. The number of morpholine rings is 1. The van der Waals surface area contributed by atoms with Crippen molar-refractivity contribution in [2.75, 3.05) is 37.0 Å². The van der Waals surface area contributed by atoms with Gasteiger partial charge < -0.3 is 29.7 Å². The third kappa shape index (κ3) is 4.70. The van der Waals surface area contributed by atoms with E-state index in [0.717, 1.165) is 33.3 Å². The molecule has 0 radical (unpaired) electrons. The number of nitrogens with one attached hydrogen (secondary N) is 3. The smallest absolute Gasteiger partial charge is 0.336 e. The number of rotatable bonds is 6. The zero-order valence-corrected chi connectivity index (χ0v) is 21.6. The number of aromatic nitrogens is 4. The van der Waals surface area contributed by atoms with Gasteiger partial charge in [-0.3, -0.25) is 9.78 Å². The number of carbonyl (C=O) groups excluding carboxylic acids is 1. The van der Waals surface area contributed by atoms with Gasteiger partial charge in [-0.2, -0.15) is 0 Å². The molecule has 1 aliphatic heterocycles. The minimum absolute atomic E-state index is 0.157. The molecule has 5 aromatic rings. The number of benzene rings is 2. The first-order valence-electron chi connectivity index (χ1n) is 12.8. The summed E-state index contributed by atoms with van der Waals surface area (Å²) in [6.45, 7) is 3.46. The summed E-state index contributed by atoms with van der Waals surface area (Å²) in [4.78, 5) is 43.2. The van der Waals surface area contributed by atoms with Gasteiger partial charge in [-0.1, -0.05) is 24.3 Å². The van der Waals surface area contributed by atoms with E-state index in [1.165, 1.54) is 7.11 Å². The van der Waals surface area contributed by atoms with E-state index in [1.54, 1.807) is 6.20 Å². The number of ether oxygens (including phenoxy) is 2. The van der Waals surface area contributed by atoms with Gasteiger partial charge in [0.15, 0.2) is 6.10 Å². The number of pyridine rings is 2. The molecule has 3 aromatic heterocycles. The van der Waals surface area contributed by atoms with Crippen molar-refractivity contribution in [2.45, 2.75) is 19.1 Å². The maximum Gasteiger partial charge on any atom is 0.336 e. The molecule has 1 aliphatic rings. The van der Waals surface area contributed by atoms with E-state index in [4.69, 9.17) is 14.5 Å². The summed E-state index contributed by atoms with van der Waals surface area (Å²) in [5, 5.41) is 4.40. The molecule has 0 spiro atoms. The second-order valence-electron chi connectivity index (χ2n) is 9.49. The third-order valence-electron chi connectivity index (χ3n) is 7.01. The number of hydrogen-bond acceptors (Lipinski definition) is 8. The molecule has 0 saturated carbocycles. The second-order valence-corrected chi connectivity index (χ2v) is 9.49. The molecule has 4 heterocycles. The first-order chi connectivity index (χ1) is 19.0. The second kappa shape index (κ2) is 10.2. The van der Waals surface area contributed by atoms with E-state index in [-0.39, 0.29) is 17.6 Å². The molecule has 0 amide bonds. The summed E-state index contributed by atoms with van der Waals surface area (Å²) in [6.07, 6.45) is 1.12. The molecule has 6 rings (SSSR count). The monoisotopic (exact) mass is 524 g/mol. The molecule has 0 aliphatic carbocycles. The fourth-order valence-electron chi connectivity index (χ4n) is 5.01. The quantitative estimate of drug-likeness (QED) is 0.285. The van der Waals surface area contributed by atoms with E-state index in [2.05, 4.69) is 25.2 Å². The maximum atomic E-state index is 13.5. The molecule has 3 N–H and O–H groups in total. The van der Waals surface area contributed by atoms with Gasteiger partial charge in [0, 0.05) is 23.8 Å². The summed E-state index contributed by atoms with van der Waals surface area (Å²) in [6, 6.07) is 19.1. The molecular weight excluding hydrogens is 496 g/mol. The highest BCUT2D eigenvalue weighted by Gasteiger charge is 2.28. The van der Waals surface area contributed by atoms with Crippen LogP contribution in [0.25, 0.3) is 33.3 Å². The number of hydrogen-bond donors (Lipinski definition) is 3. The van der Waals surface area contributed by atoms with Crippen molar-refractivity contribution in [3.8, 4) is 11.4 Å². The van der Waals surface area contributed by atoms with Crippen LogP contribution < -0.4 is 15.8 Å². The number of esters is 1. The van der Waals surface area contributed by atoms with Gasteiger partial charge in [-0.25, -0.2) is 9.78 Å². The average Bonchev–Trinajstić information content (AvgIpc) is 3.40. The van der Waals surface area contributed by atoms with Crippen molar-refractivity contribution in [2.24, 2.45) is 0 Å². The molecule has 2 atom stereocenters. The Balaban J connectivity index is 1.41. The van der Waals surface area contributed by atoms with Crippen LogP contribution in [-0.2, 0) is 14.3 Å². The summed E-state index contributed by atoms with van der Waals surface area (Å²) in [5.74, 6) is 0.0689. The van der Waals surface area contributed by atoms with E-state index < -0.39 is 6.10 Å². The normalized spacial score (nSPS) is 16.4. The lowest BCUT2D eigenvalue weighted by Gasteiger charge is -2.33. The molecule has 10 nitrogen and oxygen atoms in total. The van der Waals surface area contributed by atoms with Crippen molar-refractivity contribution >= 4 is 39.3 Å². The summed E-state index contributed by atoms with van der Waals surface area (Å²) >= 11 is 0. The molecule has 39 heavy (non-hydrogen) atoms. The number of imidazole rings is 1. The standard InChI is InChI=1S/C29H28N6O4/c1-17(20-8-5-6-12-30-20)31-26-19-7-3-4-9-21(19)34-28(36)25(26)27-32-22-11-10-18(15-23(22)33-27)35-13-14-39-24(16-35)29(37)38-2/h3-12,15,17,24H,13-14,16H2,1-2H3,(H,32,33)(H2,31,34,36). The van der Waals surface area contributed by atoms with Crippen molar-refractivity contribution in [1.29, 1.82) is 0 Å². The summed E-state index contributed by atoms with van der Waals surface area (Å²) < 4.78 is 10.4. The van der Waals surface area contributed by atoms with Gasteiger partial charge in [0.2, 0.25) is 0 Å². The van der Waals surface area contributed by atoms with Gasteiger partial charge in [0.05, 0.1) is 54.2 Å². The first-order valence-corrected chi connectivity index (χ1v) is 12.8. The molecule has 1 saturated heterocycles. The number of nitrogens with zero attached hydrogens (tertiary/aromatic N) is 3. The molecular formula is C29H28N6O4. The van der Waals surface area contributed by atoms with Gasteiger partial charge in [0.25, 0.3) is 5.56 Å². The van der Waals surface area contributed by atoms with Gasteiger partial charge in [-0.15, -0.1) is 0 Å². The molecule has 10 heteroatoms. The van der Waals surface area contributed by atoms with Crippen LogP contribution in [-0.4, -0.2) is 58.8 Å². The fraction of sp³-hybridized carbons (Fsp3) is 0.241. The Bertz CT molecular complexity index is 1710. The lowest BCUT2D eigenvalue weighted by atomic mass is 10.1. The van der Waals surface area contributed by atoms with Crippen molar-refractivity contribution in [3.05, 3.63) is 82.9 Å². The Hall–Kier alpha value is -4.70. The number of anilines is 2. The first kappa shape index (κ1) is 24.6. The van der Waals surface area contributed by atoms with E-state index in [0.29, 0.717) is 36.8 Å². The van der Waals surface area contributed by atoms with Crippen LogP contribution in [0.15, 0.2) is 71.7 Å². The molecule has 2 unspecified atom stereocenters. The van der Waals surface area contributed by atoms with Crippen LogP contribution in [0.2, 0.25) is 0 Å². The highest BCUT2D eigenvalue weighted by molar-refractivity contribution is 5.99. The Kier molecular flexibility index (Phi) is 6.45. The van der Waals surface area contributed by atoms with Gasteiger partial charge in [-0.05, 0) is 43.3 Å². The lowest BCUT2D eigenvalue weighted by Crippen LogP contribution is -2.46. The summed E-state index contributed by atoms with van der Waals surface area (Å²) in [5.41, 5.74) is 4.86. The highest BCUT2D eigenvalue weighted by Crippen LogP contribution is 2.34. The van der Waals surface area contributed by atoms with Crippen molar-refractivity contribution in [3.63, 3.8) is 0 Å². The highest BCUT2D eigenvalue weighted by atomic mass is 16.6. The SMILES string of the molecule is COC(=O)C1CN(c2ccc3nc(-c4c(NC(C)c5ccccn5)c5ccccc5[nH]c4=O)[nH]c3c2)CCO1. The molecule has 198 valence electrons. The summed E-state index contributed by atoms with van der Waals surface area (Å²) in [7, 11) is 1.36. The third-order valence-corrected chi connectivity index (χ3v) is 7.01. The van der Waals surface area contributed by atoms with Crippen LogP contribution in [0.4, 0.5) is 11.4 Å². The van der Waals surface area contributed by atoms with Gasteiger partial charge in [0.1, 0.15) is 11.4 Å². The maximum absolute atomic E-state index is 13.5. The van der Waals surface area contributed by atoms with Crippen LogP contribution in [0.3, 0.4) is 0 Å². The molecule has 1 fully saturated rings. The van der Waals surface area contributed by atoms with Crippen LogP contribution in [0.1, 0.15) is 18.7 Å². The van der Waals surface area contributed by atoms with E-state index >= 15 is 0 Å². The van der Waals surface area contributed by atoms with Crippen molar-refractivity contribution in [1.82, 2.24) is 19.9 Å².